The Hall–Kier alpha value is -2.07. The van der Waals surface area contributed by atoms with Crippen LogP contribution in [0.2, 0.25) is 0 Å². The van der Waals surface area contributed by atoms with Gasteiger partial charge >= 0.3 is 6.18 Å². The van der Waals surface area contributed by atoms with E-state index in [2.05, 4.69) is 0 Å². The third kappa shape index (κ3) is 4.33. The summed E-state index contributed by atoms with van der Waals surface area (Å²) in [5.41, 5.74) is -0.895. The van der Waals surface area contributed by atoms with Gasteiger partial charge in [0, 0.05) is 14.7 Å². The van der Waals surface area contributed by atoms with Crippen LogP contribution >= 0.6 is 10.3 Å². The molecule has 0 saturated heterocycles. The Kier molecular flexibility index (Phi) is 5.72. The first-order chi connectivity index (χ1) is 13.1. The molecule has 4 nitrogen and oxygen atoms in total. The summed E-state index contributed by atoms with van der Waals surface area (Å²) < 4.78 is 78.9. The van der Waals surface area contributed by atoms with Gasteiger partial charge in [0.2, 0.25) is 0 Å². The summed E-state index contributed by atoms with van der Waals surface area (Å²) in [7, 11) is -8.02. The third-order valence-corrected chi connectivity index (χ3v) is 8.02. The second-order valence-corrected chi connectivity index (χ2v) is 9.43. The van der Waals surface area contributed by atoms with Crippen molar-refractivity contribution in [3.05, 3.63) is 90.5 Å². The van der Waals surface area contributed by atoms with Crippen LogP contribution in [-0.2, 0) is 9.91 Å². The first-order valence-corrected chi connectivity index (χ1v) is 10.6. The van der Waals surface area contributed by atoms with Crippen LogP contribution in [0.25, 0.3) is 0 Å². The lowest BCUT2D eigenvalue weighted by atomic mass is 10.2. The van der Waals surface area contributed by atoms with E-state index in [1.165, 1.54) is 0 Å². The largest absolute Gasteiger partial charge is 0.416 e. The molecular weight excluding hydrogens is 417 g/mol. The zero-order valence-corrected chi connectivity index (χ0v) is 15.7. The number of hydrogen-bond acceptors (Lipinski definition) is 4. The highest BCUT2D eigenvalue weighted by Gasteiger charge is 2.46. The van der Waals surface area contributed by atoms with Crippen LogP contribution in [0.3, 0.4) is 0 Å². The van der Waals surface area contributed by atoms with Crippen molar-refractivity contribution >= 4 is 10.3 Å². The van der Waals surface area contributed by atoms with Crippen LogP contribution in [0.5, 0.6) is 0 Å². The molecule has 0 aliphatic rings. The maximum absolute atomic E-state index is 13.0. The van der Waals surface area contributed by atoms with Gasteiger partial charge in [-0.3, -0.25) is 0 Å². The molecule has 0 unspecified atom stereocenters. The van der Waals surface area contributed by atoms with Crippen molar-refractivity contribution in [1.29, 1.82) is 0 Å². The molecule has 3 aromatic carbocycles. The molecule has 0 aliphatic heterocycles. The smallest absolute Gasteiger partial charge is 0.182 e. The molecule has 148 valence electrons. The van der Waals surface area contributed by atoms with E-state index in [0.717, 1.165) is 24.3 Å². The topological polar surface area (TPSA) is 78.4 Å². The second-order valence-electron chi connectivity index (χ2n) is 5.65. The molecule has 0 bridgehead atoms. The monoisotopic (exact) mass is 430 g/mol. The van der Waals surface area contributed by atoms with E-state index in [4.69, 9.17) is 3.74 Å². The summed E-state index contributed by atoms with van der Waals surface area (Å²) >= 11 is 0. The minimum absolute atomic E-state index is 0.143. The van der Waals surface area contributed by atoms with Gasteiger partial charge in [-0.2, -0.15) is 27.1 Å². The van der Waals surface area contributed by atoms with Crippen molar-refractivity contribution in [3.8, 4) is 0 Å². The van der Waals surface area contributed by atoms with E-state index >= 15 is 0 Å². The number of benzene rings is 3. The first kappa shape index (κ1) is 20.7. The van der Waals surface area contributed by atoms with E-state index < -0.39 is 32.3 Å². The van der Waals surface area contributed by atoms with Crippen molar-refractivity contribution in [3.63, 3.8) is 0 Å². The van der Waals surface area contributed by atoms with E-state index in [9.17, 15) is 27.1 Å². The fraction of sp³-hybridized carbons (Fsp3) is 0.0526. The normalized spacial score (nSPS) is 13.4. The van der Waals surface area contributed by atoms with Crippen LogP contribution in [0.1, 0.15) is 5.56 Å². The van der Waals surface area contributed by atoms with Gasteiger partial charge in [-0.05, 0) is 48.5 Å². The van der Waals surface area contributed by atoms with Crippen molar-refractivity contribution in [2.45, 2.75) is 20.9 Å². The predicted molar refractivity (Wildman–Crippen MR) is 87.8 cm³/mol. The molecule has 0 N–H and O–H groups in total. The molecule has 0 radical (unpaired) electrons. The Morgan fingerprint density at radius 1 is 0.643 bits per heavy atom. The second kappa shape index (κ2) is 7.75. The summed E-state index contributed by atoms with van der Waals surface area (Å²) in [6.07, 6.45) is -4.56. The Morgan fingerprint density at radius 2 is 1.04 bits per heavy atom. The highest BCUT2D eigenvalue weighted by molar-refractivity contribution is 8.29. The fourth-order valence-electron chi connectivity index (χ4n) is 2.69. The van der Waals surface area contributed by atoms with Crippen LogP contribution in [-0.4, -0.2) is 0 Å². The van der Waals surface area contributed by atoms with Crippen LogP contribution in [0, 0.1) is 10.2 Å². The van der Waals surface area contributed by atoms with Gasteiger partial charge < -0.3 is 0 Å². The quantitative estimate of drug-likeness (QED) is 0.623. The summed E-state index contributed by atoms with van der Waals surface area (Å²) in [6, 6.07) is 20.1. The molecule has 0 spiro atoms. The minimum atomic E-state index is -4.89. The highest BCUT2D eigenvalue weighted by Crippen LogP contribution is 2.70. The van der Waals surface area contributed by atoms with Crippen molar-refractivity contribution < 1.29 is 41.1 Å². The Balaban J connectivity index is 2.29. The van der Waals surface area contributed by atoms with Gasteiger partial charge in [-0.1, -0.05) is 36.4 Å². The van der Waals surface area contributed by atoms with E-state index in [1.54, 1.807) is 60.7 Å². The van der Waals surface area contributed by atoms with Crippen molar-refractivity contribution in [2.24, 2.45) is 0 Å². The van der Waals surface area contributed by atoms with Gasteiger partial charge in [-0.15, -0.1) is 0 Å². The van der Waals surface area contributed by atoms with Gasteiger partial charge in [0.1, 0.15) is 3.74 Å². The minimum Gasteiger partial charge on any atom is -0.182 e. The lowest BCUT2D eigenvalue weighted by molar-refractivity contribution is -1.91. The summed E-state index contributed by atoms with van der Waals surface area (Å²) in [4.78, 5) is 0.852. The van der Waals surface area contributed by atoms with Gasteiger partial charge in [0.15, 0.2) is 0 Å². The molecule has 0 saturated carbocycles. The van der Waals surface area contributed by atoms with E-state index in [1.807, 2.05) is 0 Å². The molecule has 0 fully saturated rings. The average Bonchev–Trinajstić information content (AvgIpc) is 2.66. The predicted octanol–water partition coefficient (Wildman–Crippen LogP) is 2.82. The van der Waals surface area contributed by atoms with Crippen LogP contribution in [0.4, 0.5) is 13.2 Å². The molecule has 3 rings (SSSR count). The molecule has 28 heavy (non-hydrogen) atoms. The zero-order valence-electron chi connectivity index (χ0n) is 14.1. The first-order valence-electron chi connectivity index (χ1n) is 7.86. The molecule has 0 heterocycles. The Bertz CT molecular complexity index is 874. The molecule has 3 aromatic rings. The molecule has 0 aliphatic carbocycles. The lowest BCUT2D eigenvalue weighted by Crippen LogP contribution is -2.61. The zero-order chi connectivity index (χ0) is 20.4. The van der Waals surface area contributed by atoms with Crippen molar-refractivity contribution in [1.82, 2.24) is 0 Å². The van der Waals surface area contributed by atoms with Gasteiger partial charge in [0.05, 0.1) is 26.1 Å². The summed E-state index contributed by atoms with van der Waals surface area (Å²) in [5, 5.41) is 0. The maximum Gasteiger partial charge on any atom is 0.416 e. The fourth-order valence-corrected chi connectivity index (χ4v) is 6.91. The lowest BCUT2D eigenvalue weighted by Gasteiger charge is -2.34. The van der Waals surface area contributed by atoms with Crippen molar-refractivity contribution in [2.75, 3.05) is 0 Å². The van der Waals surface area contributed by atoms with Crippen LogP contribution < -0.4 is 14.0 Å². The molecule has 9 heteroatoms. The molecular formula is C19H14ClF3O4S. The summed E-state index contributed by atoms with van der Waals surface area (Å²) in [6.45, 7) is 0. The highest BCUT2D eigenvalue weighted by atomic mass is 35.7. The maximum atomic E-state index is 13.0. The molecule has 0 amide bonds. The molecule has 0 atom stereocenters. The number of hydrogen-bond donors (Lipinski definition) is 0. The van der Waals surface area contributed by atoms with Gasteiger partial charge in [0.25, 0.3) is 0 Å². The average molecular weight is 431 g/mol. The summed E-state index contributed by atoms with van der Waals surface area (Å²) in [5.74, 6) is 0. The van der Waals surface area contributed by atoms with Gasteiger partial charge in [-0.25, -0.2) is 0 Å². The third-order valence-electron chi connectivity index (χ3n) is 3.84. The Morgan fingerprint density at radius 3 is 1.39 bits per heavy atom. The number of alkyl halides is 3. The van der Waals surface area contributed by atoms with Crippen LogP contribution in [0.15, 0.2) is 99.6 Å². The van der Waals surface area contributed by atoms with E-state index in [-0.39, 0.29) is 4.90 Å². The molecule has 0 aromatic heterocycles. The van der Waals surface area contributed by atoms with E-state index in [0.29, 0.717) is 9.79 Å². The number of halogens is 4. The SMILES string of the molecule is [O-][Cl+3]([O-])([O-])OS(c1ccccc1)(c1ccccc1)c1ccc(C(F)(F)F)cc1. The Labute approximate surface area is 163 Å². The number of rotatable bonds is 5. The standard InChI is InChI=1S/C19H14ClF3O4S/c21-19(22,23)15-11-13-18(14-12-15)28(27-20(24,25)26,16-7-3-1-4-8-16)17-9-5-2-6-10-17/h1-14H.